The largest absolute Gasteiger partial charge is 0.466 e. The highest BCUT2D eigenvalue weighted by atomic mass is 16.5. The van der Waals surface area contributed by atoms with Crippen molar-refractivity contribution in [2.75, 3.05) is 13.2 Å². The van der Waals surface area contributed by atoms with Crippen molar-refractivity contribution < 1.29 is 24.5 Å². The standard InChI is InChI=1S/C70H135NO5/c1-3-5-7-9-11-13-15-16-17-18-19-27-30-33-36-39-43-46-50-54-58-62-68(73)67(66-72)71-69(74)63-59-55-51-47-44-40-37-34-31-28-25-23-21-20-22-24-26-29-32-35-38-41-45-49-53-57-61-65-76-70(75)64-60-56-52-48-42-14-12-10-8-6-4-2/h20-21,58,62,67-68,72-73H,3-19,22-57,59-61,63-66H2,1-2H3,(H,71,74)/b21-20-,62-58+. The highest BCUT2D eigenvalue weighted by Gasteiger charge is 2.18. The second-order valence-corrected chi connectivity index (χ2v) is 23.9. The van der Waals surface area contributed by atoms with Crippen molar-refractivity contribution in [3.8, 4) is 0 Å². The number of unbranched alkanes of at least 4 members (excludes halogenated alkanes) is 52. The highest BCUT2D eigenvalue weighted by Crippen LogP contribution is 2.18. The number of rotatable bonds is 65. The van der Waals surface area contributed by atoms with Crippen LogP contribution in [0, 0.1) is 0 Å². The van der Waals surface area contributed by atoms with Crippen molar-refractivity contribution in [3.05, 3.63) is 24.3 Å². The van der Waals surface area contributed by atoms with E-state index in [1.807, 2.05) is 6.08 Å². The van der Waals surface area contributed by atoms with Gasteiger partial charge in [-0.2, -0.15) is 0 Å². The van der Waals surface area contributed by atoms with E-state index in [9.17, 15) is 19.8 Å². The topological polar surface area (TPSA) is 95.9 Å². The zero-order valence-corrected chi connectivity index (χ0v) is 51.5. The van der Waals surface area contributed by atoms with Crippen LogP contribution in [0.5, 0.6) is 0 Å². The van der Waals surface area contributed by atoms with Gasteiger partial charge in [-0.3, -0.25) is 9.59 Å². The van der Waals surface area contributed by atoms with Crippen LogP contribution < -0.4 is 5.32 Å². The van der Waals surface area contributed by atoms with Crippen LogP contribution in [-0.4, -0.2) is 47.4 Å². The maximum atomic E-state index is 12.5. The summed E-state index contributed by atoms with van der Waals surface area (Å²) in [5.41, 5.74) is 0. The lowest BCUT2D eigenvalue weighted by Crippen LogP contribution is -2.45. The average Bonchev–Trinajstić information content (AvgIpc) is 3.42. The van der Waals surface area contributed by atoms with Crippen molar-refractivity contribution in [2.45, 2.75) is 398 Å². The van der Waals surface area contributed by atoms with E-state index in [-0.39, 0.29) is 18.5 Å². The Morgan fingerprint density at radius 2 is 0.618 bits per heavy atom. The molecule has 0 aromatic carbocycles. The number of aliphatic hydroxyl groups is 2. The van der Waals surface area contributed by atoms with Crippen LogP contribution in [0.3, 0.4) is 0 Å². The summed E-state index contributed by atoms with van der Waals surface area (Å²) in [4.78, 5) is 24.5. The second-order valence-electron chi connectivity index (χ2n) is 23.9. The smallest absolute Gasteiger partial charge is 0.305 e. The number of allylic oxidation sites excluding steroid dienone is 3. The first-order valence-electron chi connectivity index (χ1n) is 34.6. The normalized spacial score (nSPS) is 12.6. The van der Waals surface area contributed by atoms with Gasteiger partial charge in [-0.15, -0.1) is 0 Å². The molecule has 0 spiro atoms. The molecule has 0 radical (unpaired) electrons. The number of hydrogen-bond acceptors (Lipinski definition) is 5. The van der Waals surface area contributed by atoms with E-state index in [2.05, 4.69) is 31.3 Å². The summed E-state index contributed by atoms with van der Waals surface area (Å²) in [7, 11) is 0. The molecule has 0 saturated heterocycles. The Morgan fingerprint density at radius 3 is 0.934 bits per heavy atom. The molecule has 2 atom stereocenters. The molecule has 2 unspecified atom stereocenters. The fourth-order valence-electron chi connectivity index (χ4n) is 10.9. The van der Waals surface area contributed by atoms with Gasteiger partial charge in [0.25, 0.3) is 0 Å². The van der Waals surface area contributed by atoms with Crippen molar-refractivity contribution >= 4 is 11.9 Å². The minimum Gasteiger partial charge on any atom is -0.466 e. The minimum atomic E-state index is -0.846. The molecule has 76 heavy (non-hydrogen) atoms. The van der Waals surface area contributed by atoms with E-state index in [0.29, 0.717) is 19.4 Å². The molecular weight excluding hydrogens is 935 g/mol. The summed E-state index contributed by atoms with van der Waals surface area (Å²) in [5.74, 6) is -0.0499. The fraction of sp³-hybridized carbons (Fsp3) is 0.914. The fourth-order valence-corrected chi connectivity index (χ4v) is 10.9. The molecule has 0 saturated carbocycles. The molecule has 0 rings (SSSR count). The molecule has 0 bridgehead atoms. The molecule has 0 fully saturated rings. The molecule has 1 amide bonds. The number of hydrogen-bond donors (Lipinski definition) is 3. The van der Waals surface area contributed by atoms with Crippen LogP contribution in [0.25, 0.3) is 0 Å². The Balaban J connectivity index is 3.41. The molecule has 6 nitrogen and oxygen atoms in total. The number of esters is 1. The Morgan fingerprint density at radius 1 is 0.355 bits per heavy atom. The van der Waals surface area contributed by atoms with Crippen molar-refractivity contribution in [1.29, 1.82) is 0 Å². The average molecular weight is 1070 g/mol. The Bertz CT molecular complexity index is 1190. The molecule has 0 heterocycles. The van der Waals surface area contributed by atoms with E-state index < -0.39 is 12.1 Å². The number of ether oxygens (including phenoxy) is 1. The predicted octanol–water partition coefficient (Wildman–Crippen LogP) is 22.1. The SMILES string of the molecule is CCCCCCCCCCCCCCCCCCCCC/C=C/C(O)C(CO)NC(=O)CCCCCCCCCCCCC/C=C\CCCCCCCCCCCCCCOC(=O)CCCCCCCCCCCCC. The van der Waals surface area contributed by atoms with Crippen LogP contribution in [0.2, 0.25) is 0 Å². The minimum absolute atomic E-state index is 0.0150. The van der Waals surface area contributed by atoms with E-state index in [0.717, 1.165) is 38.5 Å². The molecule has 6 heteroatoms. The lowest BCUT2D eigenvalue weighted by atomic mass is 10.0. The number of aliphatic hydroxyl groups excluding tert-OH is 2. The van der Waals surface area contributed by atoms with Crippen molar-refractivity contribution in [3.63, 3.8) is 0 Å². The van der Waals surface area contributed by atoms with Crippen LogP contribution >= 0.6 is 0 Å². The zero-order chi connectivity index (χ0) is 55.0. The van der Waals surface area contributed by atoms with Gasteiger partial charge >= 0.3 is 5.97 Å². The molecule has 0 aromatic rings. The molecule has 3 N–H and O–H groups in total. The number of carbonyl (C=O) groups excluding carboxylic acids is 2. The van der Waals surface area contributed by atoms with Gasteiger partial charge in [0.2, 0.25) is 5.91 Å². The number of nitrogens with one attached hydrogen (secondary N) is 1. The van der Waals surface area contributed by atoms with Crippen molar-refractivity contribution in [1.82, 2.24) is 5.32 Å². The summed E-state index contributed by atoms with van der Waals surface area (Å²) < 4.78 is 5.47. The number of carbonyl (C=O) groups is 2. The van der Waals surface area contributed by atoms with E-state index in [4.69, 9.17) is 4.74 Å². The van der Waals surface area contributed by atoms with Gasteiger partial charge < -0.3 is 20.3 Å². The Kier molecular flexibility index (Phi) is 64.4. The summed E-state index contributed by atoms with van der Waals surface area (Å²) in [5, 5.41) is 23.2. The van der Waals surface area contributed by atoms with Gasteiger partial charge in [-0.05, 0) is 57.8 Å². The third-order valence-corrected chi connectivity index (χ3v) is 16.2. The maximum Gasteiger partial charge on any atom is 0.305 e. The van der Waals surface area contributed by atoms with Gasteiger partial charge in [-0.1, -0.05) is 340 Å². The quantitative estimate of drug-likeness (QED) is 0.0320. The van der Waals surface area contributed by atoms with Crippen LogP contribution in [0.15, 0.2) is 24.3 Å². The third-order valence-electron chi connectivity index (χ3n) is 16.2. The lowest BCUT2D eigenvalue weighted by molar-refractivity contribution is -0.143. The lowest BCUT2D eigenvalue weighted by Gasteiger charge is -2.20. The summed E-state index contributed by atoms with van der Waals surface area (Å²) in [6, 6.07) is -0.629. The first-order valence-corrected chi connectivity index (χ1v) is 34.6. The summed E-state index contributed by atoms with van der Waals surface area (Å²) in [6.45, 7) is 4.94. The van der Waals surface area contributed by atoms with E-state index in [1.165, 1.54) is 321 Å². The molecule has 450 valence electrons. The molecule has 0 aromatic heterocycles. The zero-order valence-electron chi connectivity index (χ0n) is 51.5. The Hall–Kier alpha value is -1.66. The van der Waals surface area contributed by atoms with Crippen LogP contribution in [0.1, 0.15) is 386 Å². The first-order chi connectivity index (χ1) is 37.5. The molecule has 0 aliphatic rings. The molecular formula is C70H135NO5. The third kappa shape index (κ3) is 61.6. The number of amides is 1. The second kappa shape index (κ2) is 65.9. The van der Waals surface area contributed by atoms with Gasteiger partial charge in [0.05, 0.1) is 25.4 Å². The van der Waals surface area contributed by atoms with E-state index >= 15 is 0 Å². The highest BCUT2D eigenvalue weighted by molar-refractivity contribution is 5.76. The Labute approximate surface area is 475 Å². The predicted molar refractivity (Wildman–Crippen MR) is 333 cm³/mol. The van der Waals surface area contributed by atoms with Crippen LogP contribution in [0.4, 0.5) is 0 Å². The summed E-state index contributed by atoms with van der Waals surface area (Å²) in [6.07, 6.45) is 82.5. The van der Waals surface area contributed by atoms with E-state index in [1.54, 1.807) is 6.08 Å². The van der Waals surface area contributed by atoms with Crippen LogP contribution in [-0.2, 0) is 14.3 Å². The first kappa shape index (κ1) is 74.3. The summed E-state index contributed by atoms with van der Waals surface area (Å²) >= 11 is 0. The van der Waals surface area contributed by atoms with Gasteiger partial charge in [0, 0.05) is 12.8 Å². The monoisotopic (exact) mass is 1070 g/mol. The molecule has 0 aliphatic heterocycles. The van der Waals surface area contributed by atoms with Gasteiger partial charge in [0.1, 0.15) is 0 Å². The van der Waals surface area contributed by atoms with Gasteiger partial charge in [0.15, 0.2) is 0 Å². The molecule has 0 aliphatic carbocycles. The maximum absolute atomic E-state index is 12.5. The van der Waals surface area contributed by atoms with Gasteiger partial charge in [-0.25, -0.2) is 0 Å². The van der Waals surface area contributed by atoms with Crippen molar-refractivity contribution in [2.24, 2.45) is 0 Å².